The molecule has 0 aromatic rings. The third-order valence-electron chi connectivity index (χ3n) is 4.73. The van der Waals surface area contributed by atoms with Crippen molar-refractivity contribution in [2.75, 3.05) is 6.61 Å². The summed E-state index contributed by atoms with van der Waals surface area (Å²) in [5.74, 6) is -5.09. The van der Waals surface area contributed by atoms with Crippen LogP contribution in [0.1, 0.15) is 0 Å². The smallest absolute Gasteiger partial charge is 0.318 e. The number of ketones is 1. The summed E-state index contributed by atoms with van der Waals surface area (Å²) >= 11 is 0. The Morgan fingerprint density at radius 3 is 1.95 bits per heavy atom. The second-order valence-corrected chi connectivity index (χ2v) is 5.46. The molecule has 3 fully saturated rings. The first-order chi connectivity index (χ1) is 9.09. The van der Waals surface area contributed by atoms with Crippen LogP contribution in [0.25, 0.3) is 0 Å². The van der Waals surface area contributed by atoms with Gasteiger partial charge in [0.15, 0.2) is 5.78 Å². The molecule has 6 unspecified atom stereocenters. The Bertz CT molecular complexity index is 513. The van der Waals surface area contributed by atoms with Crippen LogP contribution in [0.3, 0.4) is 0 Å². The minimum absolute atomic E-state index is 0.172. The normalized spacial score (nSPS) is 46.7. The van der Waals surface area contributed by atoms with E-state index in [0.717, 1.165) is 0 Å². The molecule has 3 aliphatic carbocycles. The highest BCUT2D eigenvalue weighted by Crippen LogP contribution is 2.55. The third kappa shape index (κ3) is 1.16. The molecular weight excluding hydrogens is 252 g/mol. The lowest BCUT2D eigenvalue weighted by Crippen LogP contribution is -2.57. The fraction of sp³-hybridized carbons (Fsp3) is 0.538. The van der Waals surface area contributed by atoms with Crippen LogP contribution in [-0.2, 0) is 28.7 Å². The van der Waals surface area contributed by atoms with E-state index in [1.165, 1.54) is 0 Å². The summed E-state index contributed by atoms with van der Waals surface area (Å²) in [6, 6.07) is 0. The van der Waals surface area contributed by atoms with Crippen LogP contribution in [0.2, 0.25) is 0 Å². The molecule has 2 aliphatic heterocycles. The van der Waals surface area contributed by atoms with Gasteiger partial charge in [0.2, 0.25) is 0 Å². The Balaban J connectivity index is 1.85. The first-order valence-electron chi connectivity index (χ1n) is 6.23. The van der Waals surface area contributed by atoms with Crippen molar-refractivity contribution >= 4 is 23.7 Å². The van der Waals surface area contributed by atoms with Crippen LogP contribution in [0, 0.1) is 35.5 Å². The molecule has 1 saturated carbocycles. The van der Waals surface area contributed by atoms with Gasteiger partial charge in [-0.05, 0) is 0 Å². The van der Waals surface area contributed by atoms with Crippen molar-refractivity contribution in [1.82, 2.24) is 0 Å². The molecule has 0 N–H and O–H groups in total. The molecule has 5 aliphatic rings. The maximum Gasteiger partial charge on any atom is 0.318 e. The Morgan fingerprint density at radius 2 is 1.32 bits per heavy atom. The quantitative estimate of drug-likeness (QED) is 0.331. The van der Waals surface area contributed by atoms with E-state index in [0.29, 0.717) is 0 Å². The van der Waals surface area contributed by atoms with E-state index >= 15 is 0 Å². The summed E-state index contributed by atoms with van der Waals surface area (Å²) < 4.78 is 9.55. The molecule has 6 nitrogen and oxygen atoms in total. The molecule has 5 rings (SSSR count). The third-order valence-corrected chi connectivity index (χ3v) is 4.73. The Kier molecular flexibility index (Phi) is 1.90. The van der Waals surface area contributed by atoms with Gasteiger partial charge in [-0.3, -0.25) is 19.2 Å². The van der Waals surface area contributed by atoms with Crippen LogP contribution >= 0.6 is 0 Å². The summed E-state index contributed by atoms with van der Waals surface area (Å²) in [6.45, 7) is -0.239. The van der Waals surface area contributed by atoms with E-state index in [1.807, 2.05) is 0 Å². The maximum atomic E-state index is 12.0. The van der Waals surface area contributed by atoms with E-state index in [9.17, 15) is 19.2 Å². The molecule has 0 radical (unpaired) electrons. The lowest BCUT2D eigenvalue weighted by atomic mass is 9.52. The molecular formula is C13H10O6. The number of cyclic esters (lactones) is 3. The number of hydrogen-bond donors (Lipinski definition) is 0. The van der Waals surface area contributed by atoms with Crippen LogP contribution in [0.5, 0.6) is 0 Å². The fourth-order valence-corrected chi connectivity index (χ4v) is 4.04. The van der Waals surface area contributed by atoms with Crippen LogP contribution in [0.4, 0.5) is 0 Å². The van der Waals surface area contributed by atoms with Gasteiger partial charge in [0.1, 0.15) is 6.61 Å². The van der Waals surface area contributed by atoms with E-state index < -0.39 is 53.4 Å². The van der Waals surface area contributed by atoms with Crippen LogP contribution < -0.4 is 0 Å². The van der Waals surface area contributed by atoms with Gasteiger partial charge in [0.05, 0.1) is 17.8 Å². The number of hydrogen-bond acceptors (Lipinski definition) is 6. The fourth-order valence-electron chi connectivity index (χ4n) is 4.04. The molecule has 0 aromatic carbocycles. The maximum absolute atomic E-state index is 12.0. The van der Waals surface area contributed by atoms with Crippen molar-refractivity contribution < 1.29 is 28.7 Å². The number of carbonyl (C=O) groups excluding carboxylic acids is 4. The number of Topliss-reactive ketones (excluding diaryl/α,β-unsaturated/α-hetero) is 1. The Morgan fingerprint density at radius 1 is 0.789 bits per heavy atom. The topological polar surface area (TPSA) is 86.7 Å². The summed E-state index contributed by atoms with van der Waals surface area (Å²) in [5, 5.41) is 0. The lowest BCUT2D eigenvalue weighted by molar-refractivity contribution is -0.175. The van der Waals surface area contributed by atoms with Crippen LogP contribution in [0.15, 0.2) is 12.2 Å². The molecule has 2 heterocycles. The number of carbonyl (C=O) groups is 4. The van der Waals surface area contributed by atoms with Gasteiger partial charge >= 0.3 is 17.9 Å². The average Bonchev–Trinajstić information content (AvgIpc) is 2.72. The predicted molar refractivity (Wildman–Crippen MR) is 57.1 cm³/mol. The van der Waals surface area contributed by atoms with E-state index in [1.54, 1.807) is 12.2 Å². The largest absolute Gasteiger partial charge is 0.457 e. The average molecular weight is 262 g/mol. The standard InChI is InChI=1S/C13H10O6/c14-6-3-18-11(15)8-5-2-1-4(7(6)8)9-10(5)13(17)19-12(9)16/h1-2,4-5,7-10H,3H2. The van der Waals surface area contributed by atoms with Crippen molar-refractivity contribution in [2.24, 2.45) is 35.5 Å². The summed E-state index contributed by atoms with van der Waals surface area (Å²) in [5.41, 5.74) is 0. The monoisotopic (exact) mass is 262 g/mol. The molecule has 0 aromatic heterocycles. The van der Waals surface area contributed by atoms with Crippen LogP contribution in [-0.4, -0.2) is 30.3 Å². The molecule has 2 bridgehead atoms. The van der Waals surface area contributed by atoms with Crippen molar-refractivity contribution in [3.05, 3.63) is 12.2 Å². The van der Waals surface area contributed by atoms with E-state index in [4.69, 9.17) is 4.74 Å². The van der Waals surface area contributed by atoms with Gasteiger partial charge in [0.25, 0.3) is 0 Å². The Hall–Kier alpha value is -1.98. The van der Waals surface area contributed by atoms with E-state index in [-0.39, 0.29) is 12.4 Å². The first kappa shape index (κ1) is 10.9. The highest BCUT2D eigenvalue weighted by molar-refractivity contribution is 6.01. The van der Waals surface area contributed by atoms with Gasteiger partial charge in [0, 0.05) is 17.8 Å². The highest BCUT2D eigenvalue weighted by atomic mass is 16.6. The second-order valence-electron chi connectivity index (χ2n) is 5.46. The van der Waals surface area contributed by atoms with Gasteiger partial charge in [-0.15, -0.1) is 0 Å². The summed E-state index contributed by atoms with van der Waals surface area (Å²) in [7, 11) is 0. The zero-order valence-electron chi connectivity index (χ0n) is 9.78. The molecule has 0 spiro atoms. The van der Waals surface area contributed by atoms with Crippen molar-refractivity contribution in [2.45, 2.75) is 0 Å². The van der Waals surface area contributed by atoms with Crippen molar-refractivity contribution in [1.29, 1.82) is 0 Å². The molecule has 2 saturated heterocycles. The SMILES string of the molecule is O=C1COC(=O)C2C3C=CC(C12)C1C(=O)OC(=O)C31. The minimum atomic E-state index is -0.643. The van der Waals surface area contributed by atoms with Gasteiger partial charge in [-0.25, -0.2) is 0 Å². The van der Waals surface area contributed by atoms with Gasteiger partial charge in [-0.1, -0.05) is 12.2 Å². The number of esters is 3. The molecule has 98 valence electrons. The van der Waals surface area contributed by atoms with Crippen molar-refractivity contribution in [3.63, 3.8) is 0 Å². The molecule has 19 heavy (non-hydrogen) atoms. The first-order valence-corrected chi connectivity index (χ1v) is 6.23. The lowest BCUT2D eigenvalue weighted by Gasteiger charge is -2.48. The number of allylic oxidation sites excluding steroid dienone is 2. The predicted octanol–water partition coefficient (Wildman–Crippen LogP) is -0.524. The van der Waals surface area contributed by atoms with Gasteiger partial charge in [-0.2, -0.15) is 0 Å². The van der Waals surface area contributed by atoms with Crippen molar-refractivity contribution in [3.8, 4) is 0 Å². The molecule has 6 atom stereocenters. The van der Waals surface area contributed by atoms with Gasteiger partial charge < -0.3 is 9.47 Å². The van der Waals surface area contributed by atoms with E-state index in [2.05, 4.69) is 4.74 Å². The summed E-state index contributed by atoms with van der Waals surface area (Å²) in [6.07, 6.45) is 3.54. The second kappa shape index (κ2) is 3.31. The Labute approximate surface area is 107 Å². The zero-order valence-corrected chi connectivity index (χ0v) is 9.78. The number of rotatable bonds is 0. The molecule has 0 amide bonds. The zero-order chi connectivity index (χ0) is 13.3. The number of ether oxygens (including phenoxy) is 2. The highest BCUT2D eigenvalue weighted by Gasteiger charge is 2.65. The minimum Gasteiger partial charge on any atom is -0.457 e. The molecule has 6 heteroatoms. The summed E-state index contributed by atoms with van der Waals surface area (Å²) in [4.78, 5) is 47.4.